The Balaban J connectivity index is 1.55. The molecule has 5 N–H and O–H groups in total. The van der Waals surface area contributed by atoms with Gasteiger partial charge in [0.15, 0.2) is 0 Å². The maximum absolute atomic E-state index is 12.3. The molecular weight excluding hydrogens is 520 g/mol. The number of amides is 3. The highest BCUT2D eigenvalue weighted by molar-refractivity contribution is 8.76. The molecule has 0 unspecified atom stereocenters. The number of hydrogen-bond acceptors (Lipinski definition) is 9. The average molecular weight is 553 g/mol. The lowest BCUT2D eigenvalue weighted by atomic mass is 10.1. The third kappa shape index (κ3) is 9.75. The number of likely N-dealkylation sites (N-methyl/N-ethyl adjacent to an activating group) is 1. The van der Waals surface area contributed by atoms with Crippen molar-refractivity contribution >= 4 is 56.8 Å². The van der Waals surface area contributed by atoms with E-state index in [4.69, 9.17) is 10.5 Å². The average Bonchev–Trinajstić information content (AvgIpc) is 2.85. The Hall–Kier alpha value is -2.70. The second kappa shape index (κ2) is 15.4. The number of phenolic OH excluding ortho intramolecular Hbond substituents is 1. The molecular formula is C24H32N4O5S3. The zero-order chi connectivity index (χ0) is 26.5. The molecule has 2 aromatic rings. The number of aryl methyl sites for hydroxylation is 1. The topological polar surface area (TPSA) is 134 Å². The standard InChI is InChI=1S/C24H32N4O5S3/c1-16-14-18(33-3)5-7-21(16)34-13-10-28(2)24(32)23(31)27-9-12-36-35-11-8-26-22(30)19-6-4-17(25)15-20(19)29/h4-7,14-15,29H,8-13,25H2,1-3H3,(H,26,30)(H,27,31). The van der Waals surface area contributed by atoms with Crippen LogP contribution in [0.2, 0.25) is 0 Å². The third-order valence-corrected chi connectivity index (χ3v) is 8.46. The molecule has 0 aromatic heterocycles. The zero-order valence-corrected chi connectivity index (χ0v) is 23.0. The van der Waals surface area contributed by atoms with Gasteiger partial charge in [-0.1, -0.05) is 21.6 Å². The molecule has 36 heavy (non-hydrogen) atoms. The number of aromatic hydroxyl groups is 1. The molecule has 0 aliphatic heterocycles. The molecule has 2 rings (SSSR count). The molecule has 0 bridgehead atoms. The number of nitrogen functional groups attached to an aromatic ring is 1. The number of anilines is 1. The van der Waals surface area contributed by atoms with Crippen molar-refractivity contribution in [3.8, 4) is 11.5 Å². The molecule has 0 aliphatic carbocycles. The summed E-state index contributed by atoms with van der Waals surface area (Å²) in [5, 5.41) is 15.2. The van der Waals surface area contributed by atoms with Gasteiger partial charge < -0.3 is 31.1 Å². The molecule has 9 nitrogen and oxygen atoms in total. The van der Waals surface area contributed by atoms with E-state index >= 15 is 0 Å². The van der Waals surface area contributed by atoms with Crippen molar-refractivity contribution in [1.82, 2.24) is 15.5 Å². The van der Waals surface area contributed by atoms with Crippen molar-refractivity contribution in [2.24, 2.45) is 0 Å². The number of thioether (sulfide) groups is 1. The van der Waals surface area contributed by atoms with Gasteiger partial charge in [-0.2, -0.15) is 0 Å². The smallest absolute Gasteiger partial charge is 0.311 e. The van der Waals surface area contributed by atoms with E-state index in [1.54, 1.807) is 32.0 Å². The molecule has 196 valence electrons. The fraction of sp³-hybridized carbons (Fsp3) is 0.375. The Kier molecular flexibility index (Phi) is 12.6. The van der Waals surface area contributed by atoms with E-state index in [0.29, 0.717) is 42.6 Å². The zero-order valence-electron chi connectivity index (χ0n) is 20.5. The number of carbonyl (C=O) groups excluding carboxylic acids is 3. The van der Waals surface area contributed by atoms with Crippen molar-refractivity contribution < 1.29 is 24.2 Å². The molecule has 2 aromatic carbocycles. The Bertz CT molecular complexity index is 1050. The Morgan fingerprint density at radius 2 is 1.72 bits per heavy atom. The number of nitrogens with zero attached hydrogens (tertiary/aromatic N) is 1. The molecule has 0 heterocycles. The summed E-state index contributed by atoms with van der Waals surface area (Å²) >= 11 is 1.63. The first-order valence-corrected chi connectivity index (χ1v) is 14.6. The molecule has 3 amide bonds. The van der Waals surface area contributed by atoms with Gasteiger partial charge in [-0.15, -0.1) is 11.8 Å². The summed E-state index contributed by atoms with van der Waals surface area (Å²) in [7, 11) is 6.32. The van der Waals surface area contributed by atoms with Crippen LogP contribution in [0.4, 0.5) is 5.69 Å². The van der Waals surface area contributed by atoms with E-state index in [0.717, 1.165) is 16.2 Å². The van der Waals surface area contributed by atoms with E-state index in [1.165, 1.54) is 38.6 Å². The summed E-state index contributed by atoms with van der Waals surface area (Å²) in [5.41, 5.74) is 7.22. The Morgan fingerprint density at radius 3 is 2.36 bits per heavy atom. The molecule has 12 heteroatoms. The summed E-state index contributed by atoms with van der Waals surface area (Å²) in [6.45, 7) is 3.24. The van der Waals surface area contributed by atoms with Gasteiger partial charge in [-0.3, -0.25) is 14.4 Å². The number of ether oxygens (including phenoxy) is 1. The lowest BCUT2D eigenvalue weighted by Crippen LogP contribution is -2.42. The monoisotopic (exact) mass is 552 g/mol. The minimum Gasteiger partial charge on any atom is -0.507 e. The maximum atomic E-state index is 12.3. The van der Waals surface area contributed by atoms with Gasteiger partial charge in [0.2, 0.25) is 0 Å². The van der Waals surface area contributed by atoms with Crippen molar-refractivity contribution in [3.05, 3.63) is 47.5 Å². The molecule has 0 aliphatic rings. The molecule has 0 atom stereocenters. The molecule has 0 fully saturated rings. The summed E-state index contributed by atoms with van der Waals surface area (Å²) in [5.74, 6) is 1.03. The van der Waals surface area contributed by atoms with Gasteiger partial charge in [-0.05, 0) is 42.8 Å². The summed E-state index contributed by atoms with van der Waals surface area (Å²) < 4.78 is 5.21. The molecule has 0 saturated carbocycles. The second-order valence-electron chi connectivity index (χ2n) is 7.64. The van der Waals surface area contributed by atoms with Crippen molar-refractivity contribution in [1.29, 1.82) is 0 Å². The second-order valence-corrected chi connectivity index (χ2v) is 11.5. The number of carbonyl (C=O) groups is 3. The molecule has 0 spiro atoms. The van der Waals surface area contributed by atoms with E-state index in [2.05, 4.69) is 10.6 Å². The van der Waals surface area contributed by atoms with Crippen molar-refractivity contribution in [2.75, 3.05) is 56.8 Å². The fourth-order valence-electron chi connectivity index (χ4n) is 2.92. The highest BCUT2D eigenvalue weighted by Crippen LogP contribution is 2.26. The predicted octanol–water partition coefficient (Wildman–Crippen LogP) is 2.77. The van der Waals surface area contributed by atoms with Crippen LogP contribution >= 0.6 is 33.3 Å². The SMILES string of the molecule is COc1ccc(SCCN(C)C(=O)C(=O)NCCSSCCNC(=O)c2ccc(N)cc2O)c(C)c1. The lowest BCUT2D eigenvalue weighted by Gasteiger charge is -2.16. The summed E-state index contributed by atoms with van der Waals surface area (Å²) in [4.78, 5) is 39.0. The maximum Gasteiger partial charge on any atom is 0.311 e. The van der Waals surface area contributed by atoms with Crippen LogP contribution in [0.1, 0.15) is 15.9 Å². The van der Waals surface area contributed by atoms with Gasteiger partial charge in [0, 0.05) is 60.6 Å². The first kappa shape index (κ1) is 29.5. The summed E-state index contributed by atoms with van der Waals surface area (Å²) in [6.07, 6.45) is 0. The number of phenols is 1. The van der Waals surface area contributed by atoms with E-state index in [1.807, 2.05) is 25.1 Å². The largest absolute Gasteiger partial charge is 0.507 e. The van der Waals surface area contributed by atoms with Crippen molar-refractivity contribution in [2.45, 2.75) is 11.8 Å². The number of benzene rings is 2. The third-order valence-electron chi connectivity index (χ3n) is 4.90. The van der Waals surface area contributed by atoms with E-state index in [9.17, 15) is 19.5 Å². The minimum absolute atomic E-state index is 0.156. The van der Waals surface area contributed by atoms with Gasteiger partial charge in [-0.25, -0.2) is 0 Å². The first-order valence-electron chi connectivity index (χ1n) is 11.1. The van der Waals surface area contributed by atoms with E-state index < -0.39 is 11.8 Å². The van der Waals surface area contributed by atoms with Crippen LogP contribution in [0.3, 0.4) is 0 Å². The first-order chi connectivity index (χ1) is 17.2. The van der Waals surface area contributed by atoms with Crippen LogP contribution in [0.5, 0.6) is 11.5 Å². The predicted molar refractivity (Wildman–Crippen MR) is 149 cm³/mol. The Morgan fingerprint density at radius 1 is 1.03 bits per heavy atom. The van der Waals surface area contributed by atoms with Crippen molar-refractivity contribution in [3.63, 3.8) is 0 Å². The lowest BCUT2D eigenvalue weighted by molar-refractivity contribution is -0.144. The normalized spacial score (nSPS) is 10.5. The van der Waals surface area contributed by atoms with Crippen LogP contribution in [-0.2, 0) is 9.59 Å². The van der Waals surface area contributed by atoms with Crippen LogP contribution in [0.15, 0.2) is 41.3 Å². The van der Waals surface area contributed by atoms with Gasteiger partial charge >= 0.3 is 11.8 Å². The van der Waals surface area contributed by atoms with Crippen LogP contribution in [0, 0.1) is 6.92 Å². The number of nitrogens with two attached hydrogens (primary N) is 1. The number of nitrogens with one attached hydrogen (secondary N) is 2. The summed E-state index contributed by atoms with van der Waals surface area (Å²) in [6, 6.07) is 10.2. The highest BCUT2D eigenvalue weighted by Gasteiger charge is 2.18. The molecule has 0 radical (unpaired) electrons. The van der Waals surface area contributed by atoms with Crippen LogP contribution < -0.4 is 21.1 Å². The number of methoxy groups -OCH3 is 1. The molecule has 0 saturated heterocycles. The van der Waals surface area contributed by atoms with Gasteiger partial charge in [0.25, 0.3) is 5.91 Å². The number of rotatable bonds is 13. The van der Waals surface area contributed by atoms with Gasteiger partial charge in [0.1, 0.15) is 11.5 Å². The van der Waals surface area contributed by atoms with Gasteiger partial charge in [0.05, 0.1) is 12.7 Å². The quantitative estimate of drug-likeness (QED) is 0.0973. The van der Waals surface area contributed by atoms with Crippen LogP contribution in [-0.4, -0.2) is 78.8 Å². The fourth-order valence-corrected chi connectivity index (χ4v) is 5.77. The number of hydrogen-bond donors (Lipinski definition) is 4. The van der Waals surface area contributed by atoms with E-state index in [-0.39, 0.29) is 17.2 Å². The highest BCUT2D eigenvalue weighted by atomic mass is 33.1. The Labute approximate surface area is 223 Å². The van der Waals surface area contributed by atoms with Crippen LogP contribution in [0.25, 0.3) is 0 Å². The minimum atomic E-state index is -0.621.